The van der Waals surface area contributed by atoms with Crippen molar-refractivity contribution in [3.8, 4) is 5.88 Å². The minimum atomic E-state index is 0.383. The van der Waals surface area contributed by atoms with Crippen LogP contribution in [-0.2, 0) is 0 Å². The number of hydrogen-bond donors (Lipinski definition) is 2. The molecule has 0 aliphatic carbocycles. The molecule has 0 unspecified atom stereocenters. The Morgan fingerprint density at radius 2 is 2.00 bits per heavy atom. The summed E-state index contributed by atoms with van der Waals surface area (Å²) < 4.78 is 5.01. The molecule has 98 valence electrons. The van der Waals surface area contributed by atoms with E-state index in [1.165, 1.54) is 0 Å². The van der Waals surface area contributed by atoms with E-state index in [9.17, 15) is 0 Å². The molecule has 0 aliphatic heterocycles. The average Bonchev–Trinajstić information content (AvgIpc) is 2.46. The molecule has 0 saturated carbocycles. The molecule has 0 atom stereocenters. The first kappa shape index (κ1) is 12.8. The van der Waals surface area contributed by atoms with Crippen LogP contribution < -0.4 is 15.9 Å². The van der Waals surface area contributed by atoms with E-state index in [-0.39, 0.29) is 0 Å². The van der Waals surface area contributed by atoms with Crippen molar-refractivity contribution in [2.75, 3.05) is 18.3 Å². The molecule has 19 heavy (non-hydrogen) atoms. The Morgan fingerprint density at radius 1 is 1.26 bits per heavy atom. The summed E-state index contributed by atoms with van der Waals surface area (Å²) in [4.78, 5) is 8.14. The number of nitrogen functional groups attached to an aromatic ring is 1. The molecule has 1 aromatic carbocycles. The van der Waals surface area contributed by atoms with Gasteiger partial charge in [-0.25, -0.2) is 10.4 Å². The van der Waals surface area contributed by atoms with Gasteiger partial charge in [0.2, 0.25) is 11.8 Å². The Morgan fingerprint density at radius 3 is 2.68 bits per heavy atom. The van der Waals surface area contributed by atoms with E-state index in [2.05, 4.69) is 20.5 Å². The fraction of sp³-hybridized carbons (Fsp3) is 0.154. The van der Waals surface area contributed by atoms with Crippen LogP contribution in [0.4, 0.5) is 11.6 Å². The summed E-state index contributed by atoms with van der Waals surface area (Å²) in [7, 11) is 1.55. The number of aromatic nitrogens is 2. The minimum absolute atomic E-state index is 0.383. The van der Waals surface area contributed by atoms with Gasteiger partial charge >= 0.3 is 0 Å². The van der Waals surface area contributed by atoms with Gasteiger partial charge in [0, 0.05) is 18.0 Å². The Kier molecular flexibility index (Phi) is 3.92. The molecule has 6 nitrogen and oxygen atoms in total. The molecular formula is C13H15N5O. The largest absolute Gasteiger partial charge is 0.481 e. The second-order valence-electron chi connectivity index (χ2n) is 3.85. The molecular weight excluding hydrogens is 242 g/mol. The fourth-order valence-electron chi connectivity index (χ4n) is 1.43. The van der Waals surface area contributed by atoms with Gasteiger partial charge in [0.25, 0.3) is 0 Å². The topological polar surface area (TPSA) is 85.4 Å². The molecule has 0 fully saturated rings. The first-order chi connectivity index (χ1) is 9.19. The number of nitrogens with two attached hydrogens (primary N) is 1. The zero-order valence-electron chi connectivity index (χ0n) is 10.8. The van der Waals surface area contributed by atoms with E-state index in [4.69, 9.17) is 10.5 Å². The molecule has 1 heterocycles. The molecule has 3 N–H and O–H groups in total. The number of hydrogen-bond acceptors (Lipinski definition) is 6. The lowest BCUT2D eigenvalue weighted by Gasteiger charge is -2.04. The highest BCUT2D eigenvalue weighted by Crippen LogP contribution is 2.09. The van der Waals surface area contributed by atoms with Gasteiger partial charge in [-0.05, 0) is 24.6 Å². The van der Waals surface area contributed by atoms with Crippen molar-refractivity contribution in [3.05, 3.63) is 42.1 Å². The van der Waals surface area contributed by atoms with Crippen molar-refractivity contribution in [2.24, 2.45) is 5.10 Å². The van der Waals surface area contributed by atoms with Gasteiger partial charge in [-0.2, -0.15) is 10.1 Å². The number of methoxy groups -OCH3 is 1. The SMILES string of the molecule is COc1ccnc(N/N=C(\C)c2ccc(N)cc2)n1. The third-order valence-electron chi connectivity index (χ3n) is 2.49. The third-order valence-corrected chi connectivity index (χ3v) is 2.49. The van der Waals surface area contributed by atoms with Crippen LogP contribution in [0.5, 0.6) is 5.88 Å². The van der Waals surface area contributed by atoms with E-state index in [1.807, 2.05) is 31.2 Å². The monoisotopic (exact) mass is 257 g/mol. The molecule has 0 saturated heterocycles. The Bertz CT molecular complexity index is 580. The first-order valence-electron chi connectivity index (χ1n) is 5.72. The summed E-state index contributed by atoms with van der Waals surface area (Å²) in [6.45, 7) is 1.89. The van der Waals surface area contributed by atoms with Crippen LogP contribution in [-0.4, -0.2) is 22.8 Å². The maximum absolute atomic E-state index is 5.63. The van der Waals surface area contributed by atoms with Crippen molar-refractivity contribution < 1.29 is 4.74 Å². The summed E-state index contributed by atoms with van der Waals surface area (Å²) in [6.07, 6.45) is 1.60. The number of ether oxygens (including phenoxy) is 1. The lowest BCUT2D eigenvalue weighted by molar-refractivity contribution is 0.397. The summed E-state index contributed by atoms with van der Waals surface area (Å²) in [5.41, 5.74) is 10.9. The number of hydrazone groups is 1. The second kappa shape index (κ2) is 5.81. The smallest absolute Gasteiger partial charge is 0.246 e. The van der Waals surface area contributed by atoms with Gasteiger partial charge in [0.15, 0.2) is 0 Å². The molecule has 0 aliphatic rings. The van der Waals surface area contributed by atoms with Gasteiger partial charge < -0.3 is 10.5 Å². The lowest BCUT2D eigenvalue weighted by atomic mass is 10.1. The maximum Gasteiger partial charge on any atom is 0.246 e. The third kappa shape index (κ3) is 3.41. The minimum Gasteiger partial charge on any atom is -0.481 e. The van der Waals surface area contributed by atoms with E-state index >= 15 is 0 Å². The predicted molar refractivity (Wildman–Crippen MR) is 75.3 cm³/mol. The van der Waals surface area contributed by atoms with Crippen LogP contribution in [0.15, 0.2) is 41.6 Å². The van der Waals surface area contributed by atoms with Crippen molar-refractivity contribution in [3.63, 3.8) is 0 Å². The maximum atomic E-state index is 5.63. The average molecular weight is 257 g/mol. The number of benzene rings is 1. The van der Waals surface area contributed by atoms with Crippen LogP contribution in [0.25, 0.3) is 0 Å². The van der Waals surface area contributed by atoms with Gasteiger partial charge in [0.05, 0.1) is 12.8 Å². The quantitative estimate of drug-likeness (QED) is 0.496. The van der Waals surface area contributed by atoms with Crippen molar-refractivity contribution >= 4 is 17.3 Å². The van der Waals surface area contributed by atoms with Gasteiger partial charge in [-0.1, -0.05) is 12.1 Å². The van der Waals surface area contributed by atoms with Crippen LogP contribution in [0.2, 0.25) is 0 Å². The highest BCUT2D eigenvalue weighted by Gasteiger charge is 1.99. The summed E-state index contributed by atoms with van der Waals surface area (Å²) in [6, 6.07) is 9.14. The van der Waals surface area contributed by atoms with Crippen molar-refractivity contribution in [1.29, 1.82) is 0 Å². The van der Waals surface area contributed by atoms with E-state index in [0.29, 0.717) is 11.8 Å². The van der Waals surface area contributed by atoms with Gasteiger partial charge in [-0.15, -0.1) is 0 Å². The molecule has 0 amide bonds. The fourth-order valence-corrected chi connectivity index (χ4v) is 1.43. The van der Waals surface area contributed by atoms with Crippen LogP contribution >= 0.6 is 0 Å². The standard InChI is InChI=1S/C13H15N5O/c1-9(10-3-5-11(14)6-4-10)17-18-13-15-8-7-12(16-13)19-2/h3-8H,14H2,1-2H3,(H,15,16,18)/b17-9+. The summed E-state index contributed by atoms with van der Waals surface area (Å²) >= 11 is 0. The Balaban J connectivity index is 2.10. The summed E-state index contributed by atoms with van der Waals surface area (Å²) in [5, 5.41) is 4.22. The number of nitrogens with zero attached hydrogens (tertiary/aromatic N) is 3. The van der Waals surface area contributed by atoms with Crippen LogP contribution in [0, 0.1) is 0 Å². The zero-order valence-corrected chi connectivity index (χ0v) is 10.8. The predicted octanol–water partition coefficient (Wildman–Crippen LogP) is 1.90. The van der Waals surface area contributed by atoms with E-state index < -0.39 is 0 Å². The molecule has 0 bridgehead atoms. The number of nitrogens with one attached hydrogen (secondary N) is 1. The van der Waals surface area contributed by atoms with Crippen LogP contribution in [0.1, 0.15) is 12.5 Å². The van der Waals surface area contributed by atoms with Crippen molar-refractivity contribution in [2.45, 2.75) is 6.92 Å². The molecule has 2 aromatic rings. The van der Waals surface area contributed by atoms with Crippen molar-refractivity contribution in [1.82, 2.24) is 9.97 Å². The molecule has 1 aromatic heterocycles. The van der Waals surface area contributed by atoms with Gasteiger partial charge in [0.1, 0.15) is 0 Å². The second-order valence-corrected chi connectivity index (χ2v) is 3.85. The summed E-state index contributed by atoms with van der Waals surface area (Å²) in [5.74, 6) is 0.868. The number of anilines is 2. The van der Waals surface area contributed by atoms with Gasteiger partial charge in [-0.3, -0.25) is 0 Å². The molecule has 6 heteroatoms. The number of rotatable bonds is 4. The molecule has 0 spiro atoms. The lowest BCUT2D eigenvalue weighted by Crippen LogP contribution is -2.03. The van der Waals surface area contributed by atoms with Crippen LogP contribution in [0.3, 0.4) is 0 Å². The zero-order chi connectivity index (χ0) is 13.7. The first-order valence-corrected chi connectivity index (χ1v) is 5.72. The normalized spacial score (nSPS) is 11.2. The molecule has 2 rings (SSSR count). The molecule has 0 radical (unpaired) electrons. The van der Waals surface area contributed by atoms with E-state index in [1.54, 1.807) is 19.4 Å². The van der Waals surface area contributed by atoms with E-state index in [0.717, 1.165) is 17.0 Å². The Labute approximate surface area is 111 Å². The highest BCUT2D eigenvalue weighted by molar-refractivity contribution is 5.99. The highest BCUT2D eigenvalue weighted by atomic mass is 16.5. The Hall–Kier alpha value is -2.63.